The van der Waals surface area contributed by atoms with Crippen molar-refractivity contribution >= 4 is 38.6 Å². The lowest BCUT2D eigenvalue weighted by Crippen LogP contribution is -2.31. The van der Waals surface area contributed by atoms with Gasteiger partial charge >= 0.3 is 0 Å². The van der Waals surface area contributed by atoms with E-state index in [0.717, 1.165) is 9.18 Å². The van der Waals surface area contributed by atoms with Crippen LogP contribution in [0, 0.1) is 5.82 Å². The number of para-hydroxylation sites is 1. The van der Waals surface area contributed by atoms with E-state index in [1.54, 1.807) is 12.1 Å². The third-order valence-electron chi connectivity index (χ3n) is 3.76. The third kappa shape index (κ3) is 4.35. The second-order valence-corrected chi connectivity index (χ2v) is 8.64. The summed E-state index contributed by atoms with van der Waals surface area (Å²) in [5.41, 5.74) is 0.467. The van der Waals surface area contributed by atoms with Crippen LogP contribution in [0.5, 0.6) is 0 Å². The zero-order valence-corrected chi connectivity index (χ0v) is 16.1. The van der Waals surface area contributed by atoms with Crippen LogP contribution in [0.3, 0.4) is 0 Å². The van der Waals surface area contributed by atoms with Crippen LogP contribution in [0.25, 0.3) is 0 Å². The molecule has 0 saturated carbocycles. The number of anilines is 2. The molecule has 0 spiro atoms. The van der Waals surface area contributed by atoms with E-state index in [-0.39, 0.29) is 23.0 Å². The summed E-state index contributed by atoms with van der Waals surface area (Å²) < 4.78 is 41.9. The summed E-state index contributed by atoms with van der Waals surface area (Å²) in [5, 5.41) is 4.42. The molecule has 8 heteroatoms. The molecule has 2 aromatic carbocycles. The molecule has 0 radical (unpaired) electrons. The predicted molar refractivity (Wildman–Crippen MR) is 105 cm³/mol. The number of sulfonamides is 1. The smallest absolute Gasteiger partial charge is 0.264 e. The molecule has 0 aliphatic heterocycles. The molecule has 1 aromatic heterocycles. The molecule has 0 atom stereocenters. The topological polar surface area (TPSA) is 66.5 Å². The number of carbonyl (C=O) groups is 1. The molecular formula is C19H17FN2O3S2. The van der Waals surface area contributed by atoms with Gasteiger partial charge < -0.3 is 5.32 Å². The molecule has 0 fully saturated rings. The summed E-state index contributed by atoms with van der Waals surface area (Å²) in [4.78, 5) is 11.9. The third-order valence-corrected chi connectivity index (χ3v) is 6.40. The van der Waals surface area contributed by atoms with E-state index in [9.17, 15) is 17.6 Å². The van der Waals surface area contributed by atoms with Crippen molar-refractivity contribution in [1.29, 1.82) is 0 Å². The molecule has 0 saturated heterocycles. The number of amides is 1. The molecule has 3 aromatic rings. The number of hydrogen-bond donors (Lipinski definition) is 1. The zero-order chi connectivity index (χ0) is 19.4. The molecule has 0 unspecified atom stereocenters. The maximum Gasteiger partial charge on any atom is 0.264 e. The Balaban J connectivity index is 2.02. The molecule has 1 amide bonds. The number of hydrogen-bond acceptors (Lipinski definition) is 4. The average molecular weight is 404 g/mol. The van der Waals surface area contributed by atoms with Crippen LogP contribution in [0.1, 0.15) is 11.8 Å². The molecule has 1 heterocycles. The predicted octanol–water partition coefficient (Wildman–Crippen LogP) is 4.24. The molecule has 27 heavy (non-hydrogen) atoms. The van der Waals surface area contributed by atoms with E-state index in [1.165, 1.54) is 60.7 Å². The Hall–Kier alpha value is -2.71. The number of nitrogens with zero attached hydrogens (tertiary/aromatic N) is 1. The van der Waals surface area contributed by atoms with Crippen molar-refractivity contribution in [3.63, 3.8) is 0 Å². The monoisotopic (exact) mass is 404 g/mol. The molecule has 5 nitrogen and oxygen atoms in total. The van der Waals surface area contributed by atoms with Gasteiger partial charge in [-0.05, 0) is 47.8 Å². The van der Waals surface area contributed by atoms with E-state index >= 15 is 0 Å². The molecule has 0 bridgehead atoms. The van der Waals surface area contributed by atoms with E-state index in [2.05, 4.69) is 5.32 Å². The molecule has 3 rings (SSSR count). The minimum absolute atomic E-state index is 0.0106. The van der Waals surface area contributed by atoms with Gasteiger partial charge in [0.25, 0.3) is 10.0 Å². The Morgan fingerprint density at radius 1 is 1.07 bits per heavy atom. The van der Waals surface area contributed by atoms with Crippen molar-refractivity contribution in [2.45, 2.75) is 18.4 Å². The first-order chi connectivity index (χ1) is 12.9. The molecule has 0 aliphatic rings. The summed E-state index contributed by atoms with van der Waals surface area (Å²) in [6, 6.07) is 15.2. The van der Waals surface area contributed by atoms with Crippen LogP contribution in [-0.2, 0) is 21.4 Å². The van der Waals surface area contributed by atoms with Crippen LogP contribution in [0.2, 0.25) is 0 Å². The minimum atomic E-state index is -4.01. The van der Waals surface area contributed by atoms with Gasteiger partial charge in [-0.3, -0.25) is 9.10 Å². The van der Waals surface area contributed by atoms with E-state index in [0.29, 0.717) is 5.69 Å². The number of benzene rings is 2. The first-order valence-electron chi connectivity index (χ1n) is 8.05. The number of nitrogens with one attached hydrogen (secondary N) is 1. The van der Waals surface area contributed by atoms with Gasteiger partial charge in [0.05, 0.1) is 17.1 Å². The Labute approximate surface area is 161 Å². The highest BCUT2D eigenvalue weighted by atomic mass is 32.2. The van der Waals surface area contributed by atoms with Crippen molar-refractivity contribution in [3.8, 4) is 0 Å². The maximum atomic E-state index is 14.4. The van der Waals surface area contributed by atoms with Crippen LogP contribution in [-0.4, -0.2) is 14.3 Å². The normalized spacial score (nSPS) is 11.2. The van der Waals surface area contributed by atoms with E-state index in [1.807, 2.05) is 11.4 Å². The zero-order valence-electron chi connectivity index (χ0n) is 14.4. The fourth-order valence-corrected chi connectivity index (χ4v) is 4.76. The highest BCUT2D eigenvalue weighted by Crippen LogP contribution is 2.29. The largest absolute Gasteiger partial charge is 0.326 e. The van der Waals surface area contributed by atoms with Crippen molar-refractivity contribution in [2.75, 3.05) is 9.62 Å². The van der Waals surface area contributed by atoms with Gasteiger partial charge in [0.15, 0.2) is 0 Å². The SMILES string of the molecule is CC(=O)Nc1ccc(S(=O)(=O)N(Cc2cccs2)c2ccccc2F)cc1. The average Bonchev–Trinajstić information content (AvgIpc) is 3.13. The lowest BCUT2D eigenvalue weighted by atomic mass is 10.3. The number of rotatable bonds is 6. The Kier molecular flexibility index (Phi) is 5.57. The summed E-state index contributed by atoms with van der Waals surface area (Å²) in [6.45, 7) is 1.39. The summed E-state index contributed by atoms with van der Waals surface area (Å²) in [6.07, 6.45) is 0. The Bertz CT molecular complexity index is 1030. The van der Waals surface area contributed by atoms with Crippen LogP contribution >= 0.6 is 11.3 Å². The number of thiophene rings is 1. The fourth-order valence-electron chi connectivity index (χ4n) is 2.54. The lowest BCUT2D eigenvalue weighted by Gasteiger charge is -2.24. The van der Waals surface area contributed by atoms with Gasteiger partial charge in [0, 0.05) is 17.5 Å². The highest BCUT2D eigenvalue weighted by Gasteiger charge is 2.27. The molecule has 140 valence electrons. The Morgan fingerprint density at radius 2 is 1.78 bits per heavy atom. The lowest BCUT2D eigenvalue weighted by molar-refractivity contribution is -0.114. The van der Waals surface area contributed by atoms with Crippen molar-refractivity contribution < 1.29 is 17.6 Å². The van der Waals surface area contributed by atoms with Crippen LogP contribution < -0.4 is 9.62 Å². The maximum absolute atomic E-state index is 14.4. The number of carbonyl (C=O) groups excluding carboxylic acids is 1. The quantitative estimate of drug-likeness (QED) is 0.668. The van der Waals surface area contributed by atoms with Gasteiger partial charge in [0.1, 0.15) is 5.82 Å². The highest BCUT2D eigenvalue weighted by molar-refractivity contribution is 7.92. The van der Waals surface area contributed by atoms with Crippen LogP contribution in [0.15, 0.2) is 70.9 Å². The second-order valence-electron chi connectivity index (χ2n) is 5.75. The first kappa shape index (κ1) is 19.1. The summed E-state index contributed by atoms with van der Waals surface area (Å²) in [5.74, 6) is -0.871. The van der Waals surface area contributed by atoms with Gasteiger partial charge in [-0.25, -0.2) is 12.8 Å². The first-order valence-corrected chi connectivity index (χ1v) is 10.4. The molecule has 0 aliphatic carbocycles. The van der Waals surface area contributed by atoms with Crippen molar-refractivity contribution in [3.05, 3.63) is 76.7 Å². The molecule has 1 N–H and O–H groups in total. The van der Waals surface area contributed by atoms with Crippen molar-refractivity contribution in [1.82, 2.24) is 0 Å². The van der Waals surface area contributed by atoms with E-state index in [4.69, 9.17) is 0 Å². The fraction of sp³-hybridized carbons (Fsp3) is 0.105. The summed E-state index contributed by atoms with van der Waals surface area (Å²) >= 11 is 1.40. The standard InChI is InChI=1S/C19H17FN2O3S2/c1-14(23)21-15-8-10-17(11-9-15)27(24,25)22(13-16-5-4-12-26-16)19-7-3-2-6-18(19)20/h2-12H,13H2,1H3,(H,21,23). The molecular weight excluding hydrogens is 387 g/mol. The van der Waals surface area contributed by atoms with Gasteiger partial charge in [0.2, 0.25) is 5.91 Å². The summed E-state index contributed by atoms with van der Waals surface area (Å²) in [7, 11) is -4.01. The Morgan fingerprint density at radius 3 is 2.37 bits per heavy atom. The van der Waals surface area contributed by atoms with Gasteiger partial charge in [-0.1, -0.05) is 18.2 Å². The van der Waals surface area contributed by atoms with E-state index < -0.39 is 15.8 Å². The van der Waals surface area contributed by atoms with Crippen molar-refractivity contribution in [2.24, 2.45) is 0 Å². The van der Waals surface area contributed by atoms with Crippen LogP contribution in [0.4, 0.5) is 15.8 Å². The van der Waals surface area contributed by atoms with Gasteiger partial charge in [-0.15, -0.1) is 11.3 Å². The minimum Gasteiger partial charge on any atom is -0.326 e. The second kappa shape index (κ2) is 7.89. The number of halogens is 1. The van der Waals surface area contributed by atoms with Gasteiger partial charge in [-0.2, -0.15) is 0 Å².